The summed E-state index contributed by atoms with van der Waals surface area (Å²) < 4.78 is 0.532. The number of aromatic amines is 1. The zero-order chi connectivity index (χ0) is 7.56. The molecule has 0 amide bonds. The minimum atomic E-state index is -0.953. The molecule has 3 nitrogen and oxygen atoms in total. The molecule has 0 unspecified atom stereocenters. The van der Waals surface area contributed by atoms with Crippen molar-refractivity contribution in [2.24, 2.45) is 0 Å². The molecule has 11 heavy (non-hydrogen) atoms. The number of hydrogen-bond donors (Lipinski definition) is 2. The van der Waals surface area contributed by atoms with E-state index < -0.39 is 5.97 Å². The molecule has 0 aromatic carbocycles. The van der Waals surface area contributed by atoms with E-state index in [1.165, 1.54) is 12.3 Å². The fourth-order valence-electron chi connectivity index (χ4n) is 0.544. The molecule has 0 saturated heterocycles. The Morgan fingerprint density at radius 2 is 2.18 bits per heavy atom. The summed E-state index contributed by atoms with van der Waals surface area (Å²) >= 11 is 4.71. The Bertz CT molecular complexity index is 289. The molecule has 0 aliphatic rings. The van der Waals surface area contributed by atoms with Crippen LogP contribution in [0.3, 0.4) is 0 Å². The molecule has 0 saturated carbocycles. The first kappa shape index (κ1) is 10.8. The molecule has 1 rings (SSSR count). The van der Waals surface area contributed by atoms with Crippen molar-refractivity contribution < 1.29 is 37.2 Å². The Morgan fingerprint density at radius 3 is 2.55 bits per heavy atom. The Kier molecular flexibility index (Phi) is 4.50. The molecule has 0 bridgehead atoms. The van der Waals surface area contributed by atoms with Crippen LogP contribution in [0.1, 0.15) is 10.4 Å². The second-order valence-electron chi connectivity index (χ2n) is 1.75. The number of rotatable bonds is 1. The van der Waals surface area contributed by atoms with Crippen LogP contribution in [-0.4, -0.2) is 16.1 Å². The van der Waals surface area contributed by atoms with Gasteiger partial charge in [-0.3, -0.25) is 0 Å². The Morgan fingerprint density at radius 1 is 1.55 bits per heavy atom. The molecular formula is C6H5CdNO2S. The van der Waals surface area contributed by atoms with Crippen molar-refractivity contribution in [1.82, 2.24) is 4.98 Å². The van der Waals surface area contributed by atoms with Gasteiger partial charge in [-0.05, 0) is 12.1 Å². The number of aromatic nitrogens is 1. The van der Waals surface area contributed by atoms with Crippen LogP contribution in [-0.2, 0) is 27.3 Å². The fourth-order valence-corrected chi connectivity index (χ4v) is 0.671. The number of carboxylic acids is 1. The van der Waals surface area contributed by atoms with E-state index >= 15 is 0 Å². The number of carboxylic acid groups (broad SMARTS) is 1. The third-order valence-corrected chi connectivity index (χ3v) is 1.29. The van der Waals surface area contributed by atoms with Crippen molar-refractivity contribution in [2.75, 3.05) is 0 Å². The van der Waals surface area contributed by atoms with Crippen LogP contribution in [0.15, 0.2) is 18.3 Å². The largest absolute Gasteiger partial charge is 0.478 e. The summed E-state index contributed by atoms with van der Waals surface area (Å²) in [5, 5.41) is 8.42. The third kappa shape index (κ3) is 3.11. The first-order chi connectivity index (χ1) is 4.70. The summed E-state index contributed by atoms with van der Waals surface area (Å²) in [6, 6.07) is 3.00. The Hall–Kier alpha value is -0.238. The number of carbonyl (C=O) groups is 1. The summed E-state index contributed by atoms with van der Waals surface area (Å²) in [6.45, 7) is 0. The summed E-state index contributed by atoms with van der Waals surface area (Å²) in [6.07, 6.45) is 1.37. The van der Waals surface area contributed by atoms with Crippen molar-refractivity contribution in [3.8, 4) is 0 Å². The van der Waals surface area contributed by atoms with E-state index in [1.807, 2.05) is 0 Å². The minimum absolute atomic E-state index is 0. The van der Waals surface area contributed by atoms with Gasteiger partial charge in [-0.25, -0.2) is 4.79 Å². The van der Waals surface area contributed by atoms with Gasteiger partial charge >= 0.3 is 5.97 Å². The smallest absolute Gasteiger partial charge is 0.337 e. The summed E-state index contributed by atoms with van der Waals surface area (Å²) in [5.41, 5.74) is 0.216. The molecule has 1 aromatic heterocycles. The van der Waals surface area contributed by atoms with Crippen LogP contribution in [0.5, 0.6) is 0 Å². The van der Waals surface area contributed by atoms with Crippen LogP contribution < -0.4 is 0 Å². The quantitative estimate of drug-likeness (QED) is 0.598. The minimum Gasteiger partial charge on any atom is -0.478 e. The van der Waals surface area contributed by atoms with Gasteiger partial charge in [0, 0.05) is 33.5 Å². The van der Waals surface area contributed by atoms with E-state index in [0.717, 1.165) is 0 Å². The zero-order valence-corrected chi connectivity index (χ0v) is 10.6. The molecule has 0 radical (unpaired) electrons. The number of pyridine rings is 1. The summed E-state index contributed by atoms with van der Waals surface area (Å²) in [7, 11) is 0. The monoisotopic (exact) mass is 269 g/mol. The van der Waals surface area contributed by atoms with Crippen molar-refractivity contribution in [3.05, 3.63) is 28.5 Å². The first-order valence-electron chi connectivity index (χ1n) is 2.62. The summed E-state index contributed by atoms with van der Waals surface area (Å²) in [4.78, 5) is 12.9. The Balaban J connectivity index is 0.000001000. The normalized spacial score (nSPS) is 8.36. The maximum atomic E-state index is 10.3. The number of hydrogen-bond acceptors (Lipinski definition) is 2. The van der Waals surface area contributed by atoms with E-state index in [2.05, 4.69) is 4.98 Å². The maximum absolute atomic E-state index is 10.3. The maximum Gasteiger partial charge on any atom is 0.337 e. The average Bonchev–Trinajstić information content (AvgIpc) is 1.88. The molecule has 0 spiro atoms. The molecule has 0 atom stereocenters. The fraction of sp³-hybridized carbons (Fsp3) is 0. The molecule has 0 fully saturated rings. The molecular weight excluding hydrogens is 263 g/mol. The van der Waals surface area contributed by atoms with E-state index in [0.29, 0.717) is 4.64 Å². The topological polar surface area (TPSA) is 53.1 Å². The first-order valence-corrected chi connectivity index (χ1v) is 3.03. The second kappa shape index (κ2) is 4.60. The summed E-state index contributed by atoms with van der Waals surface area (Å²) in [5.74, 6) is -0.953. The standard InChI is InChI=1S/C6H5NO2S.Cd/c8-6(9)4-1-2-5(10)7-3-4;/h1-3H,(H,7,10)(H,8,9);. The van der Waals surface area contributed by atoms with Gasteiger partial charge in [0.2, 0.25) is 0 Å². The van der Waals surface area contributed by atoms with E-state index in [-0.39, 0.29) is 32.9 Å². The number of nitrogens with one attached hydrogen (secondary N) is 1. The number of H-pyrrole nitrogens is 1. The van der Waals surface area contributed by atoms with E-state index in [4.69, 9.17) is 17.3 Å². The van der Waals surface area contributed by atoms with Gasteiger partial charge in [-0.1, -0.05) is 12.2 Å². The molecule has 1 heterocycles. The predicted octanol–water partition coefficient (Wildman–Crippen LogP) is 1.44. The number of aromatic carboxylic acids is 1. The van der Waals surface area contributed by atoms with Crippen molar-refractivity contribution in [3.63, 3.8) is 0 Å². The molecule has 2 N–H and O–H groups in total. The van der Waals surface area contributed by atoms with Gasteiger partial charge in [0.05, 0.1) is 5.56 Å². The van der Waals surface area contributed by atoms with Crippen LogP contribution in [0.2, 0.25) is 0 Å². The molecule has 1 aromatic rings. The van der Waals surface area contributed by atoms with Gasteiger partial charge in [-0.15, -0.1) is 0 Å². The zero-order valence-electron chi connectivity index (χ0n) is 5.70. The van der Waals surface area contributed by atoms with Gasteiger partial charge < -0.3 is 10.1 Å². The van der Waals surface area contributed by atoms with Gasteiger partial charge in [0.25, 0.3) is 0 Å². The molecule has 5 heteroatoms. The van der Waals surface area contributed by atoms with Crippen LogP contribution in [0.4, 0.5) is 0 Å². The van der Waals surface area contributed by atoms with Crippen LogP contribution >= 0.6 is 12.2 Å². The van der Waals surface area contributed by atoms with Crippen LogP contribution in [0, 0.1) is 4.64 Å². The molecule has 0 aliphatic carbocycles. The second-order valence-corrected chi connectivity index (χ2v) is 2.19. The Labute approximate surface area is 88.6 Å². The van der Waals surface area contributed by atoms with Gasteiger partial charge in [-0.2, -0.15) is 0 Å². The molecule has 54 valence electrons. The van der Waals surface area contributed by atoms with Crippen LogP contribution in [0.25, 0.3) is 0 Å². The molecule has 0 aliphatic heterocycles. The SMILES string of the molecule is O=C(O)c1ccc(=S)[nH]c1.[Cd]. The van der Waals surface area contributed by atoms with Gasteiger partial charge in [0.15, 0.2) is 0 Å². The van der Waals surface area contributed by atoms with E-state index in [9.17, 15) is 4.79 Å². The average molecular weight is 268 g/mol. The van der Waals surface area contributed by atoms with E-state index in [1.54, 1.807) is 6.07 Å². The third-order valence-electron chi connectivity index (χ3n) is 1.03. The predicted molar refractivity (Wildman–Crippen MR) is 38.6 cm³/mol. The van der Waals surface area contributed by atoms with Gasteiger partial charge in [0.1, 0.15) is 4.64 Å². The van der Waals surface area contributed by atoms with Crippen molar-refractivity contribution in [1.29, 1.82) is 0 Å². The van der Waals surface area contributed by atoms with Crippen molar-refractivity contribution in [2.45, 2.75) is 0 Å². The van der Waals surface area contributed by atoms with Crippen molar-refractivity contribution >= 4 is 18.2 Å².